The molecule has 4 heterocycles. The predicted molar refractivity (Wildman–Crippen MR) is 230 cm³/mol. The van der Waals surface area contributed by atoms with Gasteiger partial charge in [-0.3, -0.25) is 9.55 Å². The van der Waals surface area contributed by atoms with Gasteiger partial charge in [0.2, 0.25) is 5.95 Å². The number of hydrogen-bond donors (Lipinski definition) is 0. The van der Waals surface area contributed by atoms with Crippen LogP contribution in [0.4, 0.5) is 0 Å². The van der Waals surface area contributed by atoms with Gasteiger partial charge >= 0.3 is 0 Å². The molecule has 0 saturated heterocycles. The molecule has 5 heteroatoms. The SMILES string of the molecule is c1ccc(-c2cncc(-c3ccc(-c4cnc(-n5c6ccccc6c6cc(-c7ccc8c(c7)c7ccccc7n8-c7ccccc7)ccc65)nc4)cc3)c2)cc1. The highest BCUT2D eigenvalue weighted by Gasteiger charge is 2.17. The maximum atomic E-state index is 4.93. The predicted octanol–water partition coefficient (Wildman–Crippen LogP) is 12.7. The summed E-state index contributed by atoms with van der Waals surface area (Å²) in [4.78, 5) is 14.4. The largest absolute Gasteiger partial charge is 0.309 e. The molecule has 0 radical (unpaired) electrons. The van der Waals surface area contributed by atoms with Crippen molar-refractivity contribution in [3.8, 4) is 56.1 Å². The third-order valence-electron chi connectivity index (χ3n) is 10.9. The van der Waals surface area contributed by atoms with Crippen molar-refractivity contribution in [2.75, 3.05) is 0 Å². The number of para-hydroxylation sites is 3. The van der Waals surface area contributed by atoms with Gasteiger partial charge in [-0.15, -0.1) is 0 Å². The zero-order valence-electron chi connectivity index (χ0n) is 30.3. The molecule has 0 spiro atoms. The lowest BCUT2D eigenvalue weighted by Crippen LogP contribution is -2.00. The summed E-state index contributed by atoms with van der Waals surface area (Å²) in [6.07, 6.45) is 7.67. The summed E-state index contributed by atoms with van der Waals surface area (Å²) >= 11 is 0. The fourth-order valence-electron chi connectivity index (χ4n) is 8.20. The van der Waals surface area contributed by atoms with Gasteiger partial charge in [0.25, 0.3) is 0 Å². The third kappa shape index (κ3) is 5.29. The minimum atomic E-state index is 0.642. The van der Waals surface area contributed by atoms with E-state index in [2.05, 4.69) is 184 Å². The van der Waals surface area contributed by atoms with Crippen LogP contribution in [0.5, 0.6) is 0 Å². The van der Waals surface area contributed by atoms with Crippen LogP contribution in [0.15, 0.2) is 201 Å². The van der Waals surface area contributed by atoms with E-state index in [-0.39, 0.29) is 0 Å². The van der Waals surface area contributed by atoms with Gasteiger partial charge in [-0.05, 0) is 82.4 Å². The number of benzene rings is 7. The van der Waals surface area contributed by atoms with E-state index < -0.39 is 0 Å². The summed E-state index contributed by atoms with van der Waals surface area (Å²) < 4.78 is 4.53. The van der Waals surface area contributed by atoms with Gasteiger partial charge in [-0.1, -0.05) is 121 Å². The van der Waals surface area contributed by atoms with Gasteiger partial charge in [-0.2, -0.15) is 0 Å². The van der Waals surface area contributed by atoms with Crippen molar-refractivity contribution in [3.05, 3.63) is 201 Å². The Labute approximate surface area is 323 Å². The monoisotopic (exact) mass is 715 g/mol. The number of hydrogen-bond acceptors (Lipinski definition) is 3. The van der Waals surface area contributed by atoms with Crippen molar-refractivity contribution in [2.45, 2.75) is 0 Å². The lowest BCUT2D eigenvalue weighted by Gasteiger charge is -2.09. The Bertz CT molecular complexity index is 3220. The van der Waals surface area contributed by atoms with Crippen LogP contribution in [0.3, 0.4) is 0 Å². The highest BCUT2D eigenvalue weighted by molar-refractivity contribution is 6.12. The first kappa shape index (κ1) is 31.9. The molecule has 0 aliphatic carbocycles. The molecule has 0 bridgehead atoms. The van der Waals surface area contributed by atoms with Crippen molar-refractivity contribution < 1.29 is 0 Å². The molecule has 11 rings (SSSR count). The quantitative estimate of drug-likeness (QED) is 0.172. The molecular weight excluding hydrogens is 683 g/mol. The maximum Gasteiger partial charge on any atom is 0.234 e. The molecule has 0 saturated carbocycles. The molecule has 5 nitrogen and oxygen atoms in total. The fraction of sp³-hybridized carbons (Fsp3) is 0. The third-order valence-corrected chi connectivity index (χ3v) is 10.9. The molecule has 0 unspecified atom stereocenters. The second-order valence-corrected chi connectivity index (χ2v) is 14.2. The molecule has 0 amide bonds. The van der Waals surface area contributed by atoms with Crippen LogP contribution in [-0.2, 0) is 0 Å². The van der Waals surface area contributed by atoms with E-state index >= 15 is 0 Å². The molecule has 4 aromatic heterocycles. The van der Waals surface area contributed by atoms with Crippen molar-refractivity contribution in [2.24, 2.45) is 0 Å². The molecule has 0 fully saturated rings. The van der Waals surface area contributed by atoms with E-state index in [1.807, 2.05) is 30.9 Å². The molecule has 0 atom stereocenters. The number of pyridine rings is 1. The van der Waals surface area contributed by atoms with E-state index in [0.717, 1.165) is 50.1 Å². The van der Waals surface area contributed by atoms with Crippen LogP contribution in [0, 0.1) is 0 Å². The molecule has 56 heavy (non-hydrogen) atoms. The zero-order valence-corrected chi connectivity index (χ0v) is 30.3. The first-order valence-corrected chi connectivity index (χ1v) is 18.8. The van der Waals surface area contributed by atoms with Gasteiger partial charge < -0.3 is 4.57 Å². The van der Waals surface area contributed by atoms with Crippen molar-refractivity contribution in [1.82, 2.24) is 24.1 Å². The number of aromatic nitrogens is 5. The molecule has 7 aromatic carbocycles. The minimum Gasteiger partial charge on any atom is -0.309 e. The van der Waals surface area contributed by atoms with Crippen LogP contribution < -0.4 is 0 Å². The van der Waals surface area contributed by atoms with Crippen molar-refractivity contribution >= 4 is 43.6 Å². The first-order valence-electron chi connectivity index (χ1n) is 18.8. The van der Waals surface area contributed by atoms with Gasteiger partial charge in [0.05, 0.1) is 22.1 Å². The summed E-state index contributed by atoms with van der Waals surface area (Å²) in [6, 6.07) is 62.4. The highest BCUT2D eigenvalue weighted by atomic mass is 15.1. The Balaban J connectivity index is 0.938. The van der Waals surface area contributed by atoms with Crippen molar-refractivity contribution in [1.29, 1.82) is 0 Å². The molecule has 0 aliphatic rings. The standard InChI is InChI=1S/C51H33N5/c1-3-11-34(12-4-1)39-27-40(31-52-30-39)35-19-21-36(22-20-35)41-32-53-51(54-33-41)56-48-18-10-8-16-44(48)46-29-38(24-26-50(46)56)37-23-25-49-45(28-37)43-15-7-9-17-47(43)55(49)42-13-5-2-6-14-42/h1-33H. The topological polar surface area (TPSA) is 48.5 Å². The Kier molecular flexibility index (Phi) is 7.42. The van der Waals surface area contributed by atoms with E-state index in [0.29, 0.717) is 5.95 Å². The van der Waals surface area contributed by atoms with Gasteiger partial charge in [0.1, 0.15) is 0 Å². The van der Waals surface area contributed by atoms with E-state index in [1.54, 1.807) is 0 Å². The van der Waals surface area contributed by atoms with E-state index in [9.17, 15) is 0 Å². The molecular formula is C51H33N5. The van der Waals surface area contributed by atoms with Crippen LogP contribution in [-0.4, -0.2) is 24.1 Å². The Morgan fingerprint density at radius 1 is 0.286 bits per heavy atom. The Hall–Kier alpha value is -7.63. The second kappa shape index (κ2) is 13.0. The normalized spacial score (nSPS) is 11.6. The minimum absolute atomic E-state index is 0.642. The first-order chi connectivity index (χ1) is 27.8. The van der Waals surface area contributed by atoms with E-state index in [4.69, 9.17) is 9.97 Å². The lowest BCUT2D eigenvalue weighted by atomic mass is 10.00. The second-order valence-electron chi connectivity index (χ2n) is 14.2. The molecule has 0 aliphatic heterocycles. The molecule has 262 valence electrons. The summed E-state index contributed by atoms with van der Waals surface area (Å²) in [7, 11) is 0. The summed E-state index contributed by atoms with van der Waals surface area (Å²) in [5.41, 5.74) is 14.5. The Morgan fingerprint density at radius 3 is 1.34 bits per heavy atom. The lowest BCUT2D eigenvalue weighted by molar-refractivity contribution is 0.990. The van der Waals surface area contributed by atoms with Crippen LogP contribution in [0.25, 0.3) is 99.8 Å². The van der Waals surface area contributed by atoms with Gasteiger partial charge in [0.15, 0.2) is 0 Å². The van der Waals surface area contributed by atoms with Crippen molar-refractivity contribution in [3.63, 3.8) is 0 Å². The van der Waals surface area contributed by atoms with Gasteiger partial charge in [-0.25, -0.2) is 9.97 Å². The van der Waals surface area contributed by atoms with E-state index in [1.165, 1.54) is 43.7 Å². The Morgan fingerprint density at radius 2 is 0.732 bits per heavy atom. The van der Waals surface area contributed by atoms with Crippen LogP contribution in [0.2, 0.25) is 0 Å². The fourth-order valence-corrected chi connectivity index (χ4v) is 8.20. The summed E-state index contributed by atoms with van der Waals surface area (Å²) in [6.45, 7) is 0. The molecule has 0 N–H and O–H groups in total. The smallest absolute Gasteiger partial charge is 0.234 e. The average Bonchev–Trinajstić information content (AvgIpc) is 3.79. The molecule has 11 aromatic rings. The zero-order chi connectivity index (χ0) is 37.0. The average molecular weight is 716 g/mol. The number of fused-ring (bicyclic) bond motifs is 6. The van der Waals surface area contributed by atoms with Crippen LogP contribution >= 0.6 is 0 Å². The number of rotatable bonds is 6. The maximum absolute atomic E-state index is 4.93. The summed E-state index contributed by atoms with van der Waals surface area (Å²) in [5, 5.41) is 4.81. The summed E-state index contributed by atoms with van der Waals surface area (Å²) in [5.74, 6) is 0.642. The van der Waals surface area contributed by atoms with Gasteiger partial charge in [0, 0.05) is 68.7 Å². The number of nitrogens with zero attached hydrogens (tertiary/aromatic N) is 5. The van der Waals surface area contributed by atoms with Crippen LogP contribution in [0.1, 0.15) is 0 Å². The highest BCUT2D eigenvalue weighted by Crippen LogP contribution is 2.38.